The van der Waals surface area contributed by atoms with E-state index in [1.807, 2.05) is 0 Å². The smallest absolute Gasteiger partial charge is 0.0952 e. The Labute approximate surface area is 69.8 Å². The van der Waals surface area contributed by atoms with Gasteiger partial charge in [0.1, 0.15) is 0 Å². The molecule has 0 spiro atoms. The van der Waals surface area contributed by atoms with Crippen molar-refractivity contribution in [3.8, 4) is 0 Å². The minimum Gasteiger partial charge on any atom is -0.384 e. The minimum absolute atomic E-state index is 0.516. The van der Waals surface area contributed by atoms with Crippen molar-refractivity contribution < 1.29 is 8.95 Å². The van der Waals surface area contributed by atoms with Gasteiger partial charge in [-0.2, -0.15) is 2.58 Å². The van der Waals surface area contributed by atoms with Crippen molar-refractivity contribution in [2.45, 2.75) is 0 Å². The zero-order chi connectivity index (χ0) is 7.33. The van der Waals surface area contributed by atoms with Gasteiger partial charge in [-0.1, -0.05) is 0 Å². The van der Waals surface area contributed by atoms with E-state index in [1.165, 1.54) is 0 Å². The van der Waals surface area contributed by atoms with Crippen LogP contribution in [-0.4, -0.2) is 29.9 Å². The van der Waals surface area contributed by atoms with Crippen molar-refractivity contribution in [3.05, 3.63) is 0 Å². The quantitative estimate of drug-likeness (QED) is 0.715. The van der Waals surface area contributed by atoms with Gasteiger partial charge in [0.25, 0.3) is 0 Å². The number of nitrogens with zero attached hydrogens (tertiary/aromatic N) is 1. The number of rotatable bonds is 3. The molecule has 0 N–H and O–H groups in total. The van der Waals surface area contributed by atoms with E-state index in [1.54, 1.807) is 36.2 Å². The summed E-state index contributed by atoms with van der Waals surface area (Å²) in [5.74, 6) is 0.520. The molecule has 0 saturated heterocycles. The summed E-state index contributed by atoms with van der Waals surface area (Å²) in [4.78, 5) is 0. The average molecular weight is 263 g/mol. The molecule has 0 aliphatic carbocycles. The minimum atomic E-state index is -1.94. The molecular formula is C4H10INO2S. The Bertz CT molecular complexity index is 173. The molecule has 0 aromatic heterocycles. The van der Waals surface area contributed by atoms with Gasteiger partial charge in [-0.05, 0) is 0 Å². The van der Waals surface area contributed by atoms with Crippen LogP contribution in [0.25, 0.3) is 0 Å². The number of hydrogen-bond donors (Lipinski definition) is 0. The second-order valence-electron chi connectivity index (χ2n) is 1.73. The van der Waals surface area contributed by atoms with Crippen molar-refractivity contribution >= 4 is 32.6 Å². The van der Waals surface area contributed by atoms with E-state index in [0.717, 1.165) is 0 Å². The van der Waals surface area contributed by atoms with E-state index in [2.05, 4.69) is 2.58 Å². The Morgan fingerprint density at radius 1 is 1.78 bits per heavy atom. The van der Waals surface area contributed by atoms with Gasteiger partial charge >= 0.3 is 0 Å². The van der Waals surface area contributed by atoms with Gasteiger partial charge in [0.15, 0.2) is 0 Å². The van der Waals surface area contributed by atoms with E-state index < -0.39 is 9.73 Å². The summed E-state index contributed by atoms with van der Waals surface area (Å²) in [6.07, 6.45) is 1.62. The molecule has 3 nitrogen and oxygen atoms in total. The van der Waals surface area contributed by atoms with E-state index in [4.69, 9.17) is 4.74 Å². The second kappa shape index (κ2) is 4.45. The predicted octanol–water partition coefficient (Wildman–Crippen LogP) is 1.08. The lowest BCUT2D eigenvalue weighted by Crippen LogP contribution is -2.07. The molecule has 0 fully saturated rings. The van der Waals surface area contributed by atoms with Crippen LogP contribution in [0, 0.1) is 0 Å². The molecule has 1 unspecified atom stereocenters. The van der Waals surface area contributed by atoms with Crippen LogP contribution < -0.4 is 0 Å². The summed E-state index contributed by atoms with van der Waals surface area (Å²) in [6, 6.07) is 0. The molecule has 0 aromatic rings. The lowest BCUT2D eigenvalue weighted by molar-refractivity contribution is 0.218. The fourth-order valence-electron chi connectivity index (χ4n) is 0.272. The molecule has 0 aliphatic heterocycles. The highest BCUT2D eigenvalue weighted by molar-refractivity contribution is 14.1. The highest BCUT2D eigenvalue weighted by Gasteiger charge is 1.97. The highest BCUT2D eigenvalue weighted by Crippen LogP contribution is 1.96. The highest BCUT2D eigenvalue weighted by atomic mass is 127. The summed E-state index contributed by atoms with van der Waals surface area (Å²) in [5.41, 5.74) is 0. The van der Waals surface area contributed by atoms with Crippen molar-refractivity contribution in [1.82, 2.24) is 0 Å². The summed E-state index contributed by atoms with van der Waals surface area (Å²) < 4.78 is 19.5. The Balaban J connectivity index is 3.76. The van der Waals surface area contributed by atoms with Gasteiger partial charge in [-0.15, -0.1) is 0 Å². The van der Waals surface area contributed by atoms with E-state index in [9.17, 15) is 4.21 Å². The zero-order valence-electron chi connectivity index (χ0n) is 5.46. The van der Waals surface area contributed by atoms with Gasteiger partial charge < -0.3 is 4.74 Å². The maximum Gasteiger partial charge on any atom is 0.0952 e. The normalized spacial score (nSPS) is 16.8. The molecule has 0 radical (unpaired) electrons. The third-order valence-corrected chi connectivity index (χ3v) is 4.53. The van der Waals surface area contributed by atoms with Crippen LogP contribution in [0.2, 0.25) is 0 Å². The first-order valence-corrected chi connectivity index (χ1v) is 5.47. The maximum absolute atomic E-state index is 11.1. The molecule has 0 rings (SSSR count). The predicted molar refractivity (Wildman–Crippen MR) is 47.3 cm³/mol. The Morgan fingerprint density at radius 3 is 2.67 bits per heavy atom. The lowest BCUT2D eigenvalue weighted by Gasteiger charge is -1.98. The average Bonchev–Trinajstić information content (AvgIpc) is 1.84. The molecule has 0 heterocycles. The third kappa shape index (κ3) is 5.10. The van der Waals surface area contributed by atoms with E-state index >= 15 is 0 Å². The molecule has 0 aliphatic rings. The van der Waals surface area contributed by atoms with Gasteiger partial charge in [0.05, 0.1) is 45.0 Å². The molecular weight excluding hydrogens is 253 g/mol. The van der Waals surface area contributed by atoms with Crippen LogP contribution in [0.15, 0.2) is 2.58 Å². The standard InChI is InChI=1S/C4H10INO2S/c1-8-3-4-9(2,7)6-5/h3-4H2,1-2H3. The molecule has 5 heteroatoms. The number of ether oxygens (including phenoxy) is 1. The van der Waals surface area contributed by atoms with Crippen molar-refractivity contribution in [3.63, 3.8) is 0 Å². The summed E-state index contributed by atoms with van der Waals surface area (Å²) >= 11 is 1.76. The third-order valence-electron chi connectivity index (χ3n) is 0.812. The lowest BCUT2D eigenvalue weighted by atomic mass is 10.9. The fourth-order valence-corrected chi connectivity index (χ4v) is 1.41. The largest absolute Gasteiger partial charge is 0.384 e. The topological polar surface area (TPSA) is 38.7 Å². The van der Waals surface area contributed by atoms with Crippen LogP contribution in [0.4, 0.5) is 0 Å². The number of hydrogen-bond acceptors (Lipinski definition) is 3. The number of methoxy groups -OCH3 is 1. The first-order chi connectivity index (χ1) is 4.12. The Hall–Kier alpha value is 0.640. The monoisotopic (exact) mass is 263 g/mol. The molecule has 0 aromatic carbocycles. The van der Waals surface area contributed by atoms with Crippen molar-refractivity contribution in [1.29, 1.82) is 0 Å². The molecule has 0 bridgehead atoms. The fraction of sp³-hybridized carbons (Fsp3) is 1.00. The van der Waals surface area contributed by atoms with Crippen LogP contribution >= 0.6 is 22.9 Å². The van der Waals surface area contributed by atoms with E-state index in [0.29, 0.717) is 12.4 Å². The Kier molecular flexibility index (Phi) is 4.77. The summed E-state index contributed by atoms with van der Waals surface area (Å²) in [5, 5.41) is 0. The zero-order valence-corrected chi connectivity index (χ0v) is 8.44. The molecule has 0 saturated carbocycles. The van der Waals surface area contributed by atoms with Crippen LogP contribution in [0.1, 0.15) is 0 Å². The van der Waals surface area contributed by atoms with Crippen LogP contribution in [-0.2, 0) is 14.5 Å². The van der Waals surface area contributed by atoms with Crippen molar-refractivity contribution in [2.75, 3.05) is 25.7 Å². The molecule has 1 atom stereocenters. The van der Waals surface area contributed by atoms with E-state index in [-0.39, 0.29) is 0 Å². The van der Waals surface area contributed by atoms with Gasteiger partial charge in [-0.25, -0.2) is 4.21 Å². The summed E-state index contributed by atoms with van der Waals surface area (Å²) in [7, 11) is -0.359. The first kappa shape index (κ1) is 9.64. The van der Waals surface area contributed by atoms with Crippen molar-refractivity contribution in [2.24, 2.45) is 2.58 Å². The maximum atomic E-state index is 11.1. The second-order valence-corrected chi connectivity index (χ2v) is 5.37. The molecule has 56 valence electrons. The first-order valence-electron chi connectivity index (χ1n) is 2.41. The van der Waals surface area contributed by atoms with Crippen LogP contribution in [0.3, 0.4) is 0 Å². The molecule has 0 amide bonds. The Morgan fingerprint density at radius 2 is 2.33 bits per heavy atom. The SMILES string of the molecule is COCCS(C)(=O)=NI. The van der Waals surface area contributed by atoms with Gasteiger partial charge in [0, 0.05) is 13.4 Å². The molecule has 9 heavy (non-hydrogen) atoms. The number of halogens is 1. The van der Waals surface area contributed by atoms with Gasteiger partial charge in [0.2, 0.25) is 0 Å². The van der Waals surface area contributed by atoms with Crippen LogP contribution in [0.5, 0.6) is 0 Å². The summed E-state index contributed by atoms with van der Waals surface area (Å²) in [6.45, 7) is 0.516. The van der Waals surface area contributed by atoms with Gasteiger partial charge in [-0.3, -0.25) is 0 Å².